The number of aliphatic hydroxyl groups is 1. The second-order valence-electron chi connectivity index (χ2n) is 5.09. The van der Waals surface area contributed by atoms with Gasteiger partial charge in [-0.1, -0.05) is 31.2 Å². The molecule has 1 aromatic rings. The van der Waals surface area contributed by atoms with Gasteiger partial charge in [-0.3, -0.25) is 4.79 Å². The molecule has 4 N–H and O–H groups in total. The molecular formula is C15H24N2O2. The SMILES string of the molecule is CCC(C)(CCO)NC(=O)Cc1ccccc1CN. The summed E-state index contributed by atoms with van der Waals surface area (Å²) in [7, 11) is 0. The molecule has 0 aliphatic heterocycles. The first kappa shape index (κ1) is 15.7. The summed E-state index contributed by atoms with van der Waals surface area (Å²) >= 11 is 0. The van der Waals surface area contributed by atoms with Gasteiger partial charge in [0, 0.05) is 18.7 Å². The van der Waals surface area contributed by atoms with Gasteiger partial charge in [0.05, 0.1) is 6.42 Å². The summed E-state index contributed by atoms with van der Waals surface area (Å²) in [5, 5.41) is 12.1. The number of carbonyl (C=O) groups excluding carboxylic acids is 1. The van der Waals surface area contributed by atoms with Crippen LogP contribution in [0, 0.1) is 0 Å². The van der Waals surface area contributed by atoms with Gasteiger partial charge in [-0.25, -0.2) is 0 Å². The molecule has 0 radical (unpaired) electrons. The van der Waals surface area contributed by atoms with Crippen molar-refractivity contribution in [1.82, 2.24) is 5.32 Å². The zero-order chi connectivity index (χ0) is 14.3. The minimum atomic E-state index is -0.344. The zero-order valence-electron chi connectivity index (χ0n) is 11.8. The lowest BCUT2D eigenvalue weighted by molar-refractivity contribution is -0.122. The third-order valence-electron chi connectivity index (χ3n) is 3.57. The largest absolute Gasteiger partial charge is 0.396 e. The number of carbonyl (C=O) groups is 1. The van der Waals surface area contributed by atoms with Gasteiger partial charge >= 0.3 is 0 Å². The molecule has 0 aromatic heterocycles. The highest BCUT2D eigenvalue weighted by Gasteiger charge is 2.23. The molecule has 4 nitrogen and oxygen atoms in total. The summed E-state index contributed by atoms with van der Waals surface area (Å²) in [5.74, 6) is -0.0290. The molecular weight excluding hydrogens is 240 g/mol. The summed E-state index contributed by atoms with van der Waals surface area (Å²) < 4.78 is 0. The third kappa shape index (κ3) is 4.65. The number of amides is 1. The average Bonchev–Trinajstić information content (AvgIpc) is 2.39. The second-order valence-corrected chi connectivity index (χ2v) is 5.09. The van der Waals surface area contributed by atoms with E-state index < -0.39 is 0 Å². The van der Waals surface area contributed by atoms with E-state index in [4.69, 9.17) is 10.8 Å². The van der Waals surface area contributed by atoms with Crippen LogP contribution in [-0.2, 0) is 17.8 Å². The molecule has 19 heavy (non-hydrogen) atoms. The quantitative estimate of drug-likeness (QED) is 0.696. The van der Waals surface area contributed by atoms with Crippen LogP contribution in [0.4, 0.5) is 0 Å². The highest BCUT2D eigenvalue weighted by Crippen LogP contribution is 2.15. The van der Waals surface area contributed by atoms with E-state index in [0.29, 0.717) is 19.4 Å². The van der Waals surface area contributed by atoms with Crippen LogP contribution in [0.2, 0.25) is 0 Å². The lowest BCUT2D eigenvalue weighted by Gasteiger charge is -2.29. The molecule has 0 spiro atoms. The molecule has 1 aromatic carbocycles. The van der Waals surface area contributed by atoms with E-state index in [1.165, 1.54) is 0 Å². The first-order chi connectivity index (χ1) is 9.04. The van der Waals surface area contributed by atoms with Gasteiger partial charge in [0.25, 0.3) is 0 Å². The standard InChI is InChI=1S/C15H24N2O2/c1-3-15(2,8-9-18)17-14(19)10-12-6-4-5-7-13(12)11-16/h4-7,18H,3,8-11,16H2,1-2H3,(H,17,19). The number of hydrogen-bond acceptors (Lipinski definition) is 3. The van der Waals surface area contributed by atoms with Crippen molar-refractivity contribution in [1.29, 1.82) is 0 Å². The molecule has 1 unspecified atom stereocenters. The van der Waals surface area contributed by atoms with Gasteiger partial charge in [-0.15, -0.1) is 0 Å². The van der Waals surface area contributed by atoms with Crippen LogP contribution in [0.25, 0.3) is 0 Å². The minimum absolute atomic E-state index is 0.0290. The van der Waals surface area contributed by atoms with E-state index in [2.05, 4.69) is 5.32 Å². The van der Waals surface area contributed by atoms with Crippen molar-refractivity contribution in [2.75, 3.05) is 6.61 Å². The van der Waals surface area contributed by atoms with Gasteiger partial charge in [0.15, 0.2) is 0 Å². The maximum atomic E-state index is 12.1. The molecule has 1 amide bonds. The third-order valence-corrected chi connectivity index (χ3v) is 3.57. The average molecular weight is 264 g/mol. The molecule has 0 saturated heterocycles. The number of benzene rings is 1. The van der Waals surface area contributed by atoms with Crippen LogP contribution >= 0.6 is 0 Å². The van der Waals surface area contributed by atoms with Crippen LogP contribution < -0.4 is 11.1 Å². The number of nitrogens with one attached hydrogen (secondary N) is 1. The van der Waals surface area contributed by atoms with E-state index in [1.54, 1.807) is 0 Å². The summed E-state index contributed by atoms with van der Waals surface area (Å²) in [6.07, 6.45) is 1.68. The van der Waals surface area contributed by atoms with E-state index >= 15 is 0 Å². The Labute approximate surface area is 115 Å². The Hall–Kier alpha value is -1.39. The summed E-state index contributed by atoms with van der Waals surface area (Å²) in [6, 6.07) is 7.70. The maximum absolute atomic E-state index is 12.1. The molecule has 4 heteroatoms. The first-order valence-electron chi connectivity index (χ1n) is 6.73. The Kier molecular flexibility index (Phi) is 5.99. The maximum Gasteiger partial charge on any atom is 0.224 e. The lowest BCUT2D eigenvalue weighted by atomic mass is 9.94. The molecule has 106 valence electrons. The minimum Gasteiger partial charge on any atom is -0.396 e. The van der Waals surface area contributed by atoms with E-state index in [1.807, 2.05) is 38.1 Å². The molecule has 0 aliphatic carbocycles. The fourth-order valence-corrected chi connectivity index (χ4v) is 2.06. The number of aliphatic hydroxyl groups excluding tert-OH is 1. The van der Waals surface area contributed by atoms with Crippen LogP contribution in [-0.4, -0.2) is 23.2 Å². The van der Waals surface area contributed by atoms with Crippen molar-refractivity contribution in [3.63, 3.8) is 0 Å². The first-order valence-corrected chi connectivity index (χ1v) is 6.73. The summed E-state index contributed by atoms with van der Waals surface area (Å²) in [5.41, 5.74) is 7.28. The zero-order valence-corrected chi connectivity index (χ0v) is 11.8. The smallest absolute Gasteiger partial charge is 0.224 e. The Balaban J connectivity index is 2.69. The van der Waals surface area contributed by atoms with Crippen molar-refractivity contribution >= 4 is 5.91 Å². The van der Waals surface area contributed by atoms with Crippen molar-refractivity contribution in [2.45, 2.75) is 45.2 Å². The van der Waals surface area contributed by atoms with Gasteiger partial charge in [0.1, 0.15) is 0 Å². The summed E-state index contributed by atoms with van der Waals surface area (Å²) in [4.78, 5) is 12.1. The van der Waals surface area contributed by atoms with Crippen LogP contribution in [0.5, 0.6) is 0 Å². The lowest BCUT2D eigenvalue weighted by Crippen LogP contribution is -2.46. The number of hydrogen-bond donors (Lipinski definition) is 3. The fraction of sp³-hybridized carbons (Fsp3) is 0.533. The Morgan fingerprint density at radius 1 is 1.37 bits per heavy atom. The molecule has 0 heterocycles. The highest BCUT2D eigenvalue weighted by molar-refractivity contribution is 5.79. The van der Waals surface area contributed by atoms with E-state index in [-0.39, 0.29) is 18.1 Å². The molecule has 1 rings (SSSR count). The second kappa shape index (κ2) is 7.26. The van der Waals surface area contributed by atoms with Crippen LogP contribution in [0.15, 0.2) is 24.3 Å². The van der Waals surface area contributed by atoms with Gasteiger partial charge in [-0.2, -0.15) is 0 Å². The van der Waals surface area contributed by atoms with Crippen LogP contribution in [0.1, 0.15) is 37.8 Å². The van der Waals surface area contributed by atoms with Crippen LogP contribution in [0.3, 0.4) is 0 Å². The van der Waals surface area contributed by atoms with E-state index in [0.717, 1.165) is 17.5 Å². The normalized spacial score (nSPS) is 13.9. The van der Waals surface area contributed by atoms with Crippen molar-refractivity contribution in [3.05, 3.63) is 35.4 Å². The Bertz CT molecular complexity index is 420. The van der Waals surface area contributed by atoms with Gasteiger partial charge in [0.2, 0.25) is 5.91 Å². The monoisotopic (exact) mass is 264 g/mol. The predicted molar refractivity (Wildman–Crippen MR) is 76.6 cm³/mol. The summed E-state index contributed by atoms with van der Waals surface area (Å²) in [6.45, 7) is 4.47. The molecule has 0 aliphatic rings. The van der Waals surface area contributed by atoms with Crippen molar-refractivity contribution in [2.24, 2.45) is 5.73 Å². The van der Waals surface area contributed by atoms with Gasteiger partial charge < -0.3 is 16.2 Å². The number of rotatable bonds is 7. The van der Waals surface area contributed by atoms with Crippen molar-refractivity contribution in [3.8, 4) is 0 Å². The molecule has 0 fully saturated rings. The topological polar surface area (TPSA) is 75.3 Å². The predicted octanol–water partition coefficient (Wildman–Crippen LogP) is 1.36. The molecule has 0 bridgehead atoms. The van der Waals surface area contributed by atoms with E-state index in [9.17, 15) is 4.79 Å². The molecule has 1 atom stereocenters. The Morgan fingerprint density at radius 3 is 2.53 bits per heavy atom. The Morgan fingerprint density at radius 2 is 2.00 bits per heavy atom. The van der Waals surface area contributed by atoms with Crippen molar-refractivity contribution < 1.29 is 9.90 Å². The van der Waals surface area contributed by atoms with Gasteiger partial charge in [-0.05, 0) is 30.9 Å². The fourth-order valence-electron chi connectivity index (χ4n) is 2.06. The number of nitrogens with two attached hydrogens (primary N) is 1. The highest BCUT2D eigenvalue weighted by atomic mass is 16.3. The molecule has 0 saturated carbocycles.